The van der Waals surface area contributed by atoms with Gasteiger partial charge in [-0.25, -0.2) is 0 Å². The second-order valence-electron chi connectivity index (χ2n) is 6.27. The first kappa shape index (κ1) is 20.2. The third-order valence-corrected chi connectivity index (χ3v) is 4.30. The summed E-state index contributed by atoms with van der Waals surface area (Å²) in [5.41, 5.74) is 3.90. The summed E-state index contributed by atoms with van der Waals surface area (Å²) in [5.74, 6) is -0.647. The van der Waals surface area contributed by atoms with Crippen LogP contribution in [0.3, 0.4) is 0 Å². The molecular formula is C22H27N3O2. The van der Waals surface area contributed by atoms with Gasteiger partial charge in [0.25, 0.3) is 5.91 Å². The van der Waals surface area contributed by atoms with Crippen LogP contribution in [0.4, 0.5) is 11.4 Å². The van der Waals surface area contributed by atoms with Gasteiger partial charge in [0.1, 0.15) is 5.70 Å². The summed E-state index contributed by atoms with van der Waals surface area (Å²) < 4.78 is 0. The topological polar surface area (TPSA) is 61.4 Å². The number of hydrogen-bond acceptors (Lipinski definition) is 3. The Bertz CT molecular complexity index is 822. The van der Waals surface area contributed by atoms with E-state index in [0.717, 1.165) is 29.9 Å². The second-order valence-corrected chi connectivity index (χ2v) is 6.27. The summed E-state index contributed by atoms with van der Waals surface area (Å²) in [4.78, 5) is 26.5. The van der Waals surface area contributed by atoms with Crippen LogP contribution in [0.2, 0.25) is 0 Å². The first-order valence-electron chi connectivity index (χ1n) is 9.15. The van der Waals surface area contributed by atoms with Crippen molar-refractivity contribution in [3.63, 3.8) is 0 Å². The van der Waals surface area contributed by atoms with Crippen molar-refractivity contribution in [2.45, 2.75) is 27.7 Å². The third-order valence-electron chi connectivity index (χ3n) is 4.30. The lowest BCUT2D eigenvalue weighted by Crippen LogP contribution is -2.29. The van der Waals surface area contributed by atoms with Crippen molar-refractivity contribution in [2.24, 2.45) is 0 Å². The van der Waals surface area contributed by atoms with E-state index in [-0.39, 0.29) is 17.5 Å². The van der Waals surface area contributed by atoms with Crippen LogP contribution in [0.25, 0.3) is 6.08 Å². The quantitative estimate of drug-likeness (QED) is 0.730. The average Bonchev–Trinajstić information content (AvgIpc) is 2.65. The molecule has 0 radical (unpaired) electrons. The van der Waals surface area contributed by atoms with Gasteiger partial charge in [-0.1, -0.05) is 24.3 Å². The number of carbonyl (C=O) groups excluding carboxylic acids is 2. The summed E-state index contributed by atoms with van der Waals surface area (Å²) in [6.07, 6.45) is 1.69. The maximum Gasteiger partial charge on any atom is 0.272 e. The number of nitrogens with one attached hydrogen (secondary N) is 2. The van der Waals surface area contributed by atoms with Crippen LogP contribution in [-0.4, -0.2) is 24.9 Å². The molecule has 0 atom stereocenters. The predicted octanol–water partition coefficient (Wildman–Crippen LogP) is 3.96. The number of anilines is 2. The first-order valence-corrected chi connectivity index (χ1v) is 9.15. The Kier molecular flexibility index (Phi) is 7.17. The molecule has 0 aliphatic heterocycles. The van der Waals surface area contributed by atoms with Gasteiger partial charge < -0.3 is 15.5 Å². The monoisotopic (exact) mass is 365 g/mol. The minimum absolute atomic E-state index is 0.213. The van der Waals surface area contributed by atoms with E-state index in [1.54, 1.807) is 6.08 Å². The molecule has 5 heteroatoms. The Morgan fingerprint density at radius 3 is 2.19 bits per heavy atom. The zero-order valence-electron chi connectivity index (χ0n) is 16.4. The van der Waals surface area contributed by atoms with E-state index in [9.17, 15) is 9.59 Å². The summed E-state index contributed by atoms with van der Waals surface area (Å²) in [7, 11) is 0. The fraction of sp³-hybridized carbons (Fsp3) is 0.273. The fourth-order valence-corrected chi connectivity index (χ4v) is 2.80. The van der Waals surface area contributed by atoms with Crippen molar-refractivity contribution in [2.75, 3.05) is 23.3 Å². The third kappa shape index (κ3) is 5.71. The number of nitrogens with zero attached hydrogens (tertiary/aromatic N) is 1. The van der Waals surface area contributed by atoms with Crippen LogP contribution in [0.15, 0.2) is 54.2 Å². The molecule has 0 aromatic heterocycles. The number of benzene rings is 2. The summed E-state index contributed by atoms with van der Waals surface area (Å²) >= 11 is 0. The number of rotatable bonds is 7. The van der Waals surface area contributed by atoms with E-state index in [1.165, 1.54) is 6.92 Å². The highest BCUT2D eigenvalue weighted by Crippen LogP contribution is 2.18. The molecule has 2 aromatic carbocycles. The minimum atomic E-state index is -0.357. The molecular weight excluding hydrogens is 338 g/mol. The zero-order valence-corrected chi connectivity index (χ0v) is 16.4. The molecule has 142 valence electrons. The average molecular weight is 365 g/mol. The maximum atomic E-state index is 12.7. The lowest BCUT2D eigenvalue weighted by atomic mass is 10.1. The molecule has 2 aromatic rings. The number of aryl methyl sites for hydroxylation is 1. The maximum absolute atomic E-state index is 12.7. The minimum Gasteiger partial charge on any atom is -0.372 e. The number of amides is 2. The number of hydrogen-bond donors (Lipinski definition) is 2. The molecule has 0 bridgehead atoms. The molecule has 5 nitrogen and oxygen atoms in total. The second kappa shape index (κ2) is 9.57. The van der Waals surface area contributed by atoms with Gasteiger partial charge in [0.15, 0.2) is 0 Å². The van der Waals surface area contributed by atoms with Gasteiger partial charge in [-0.05, 0) is 62.2 Å². The molecule has 0 spiro atoms. The highest BCUT2D eigenvalue weighted by atomic mass is 16.2. The molecule has 0 aliphatic rings. The Labute approximate surface area is 161 Å². The van der Waals surface area contributed by atoms with Gasteiger partial charge >= 0.3 is 0 Å². The molecule has 0 unspecified atom stereocenters. The first-order chi connectivity index (χ1) is 12.9. The van der Waals surface area contributed by atoms with Gasteiger partial charge in [0.2, 0.25) is 5.91 Å². The number of carbonyl (C=O) groups is 2. The van der Waals surface area contributed by atoms with Crippen molar-refractivity contribution in [3.05, 3.63) is 65.4 Å². The van der Waals surface area contributed by atoms with Crippen LogP contribution >= 0.6 is 0 Å². The van der Waals surface area contributed by atoms with Crippen LogP contribution in [0.5, 0.6) is 0 Å². The molecule has 0 saturated carbocycles. The normalized spacial score (nSPS) is 11.0. The van der Waals surface area contributed by atoms with Gasteiger partial charge in [-0.3, -0.25) is 9.59 Å². The molecule has 0 saturated heterocycles. The Morgan fingerprint density at radius 2 is 1.63 bits per heavy atom. The van der Waals surface area contributed by atoms with E-state index < -0.39 is 0 Å². The Morgan fingerprint density at radius 1 is 1.00 bits per heavy atom. The van der Waals surface area contributed by atoms with Crippen LogP contribution in [-0.2, 0) is 9.59 Å². The zero-order chi connectivity index (χ0) is 19.8. The van der Waals surface area contributed by atoms with Crippen molar-refractivity contribution >= 4 is 29.3 Å². The van der Waals surface area contributed by atoms with Crippen LogP contribution in [0, 0.1) is 6.92 Å². The molecule has 2 amide bonds. The van der Waals surface area contributed by atoms with E-state index >= 15 is 0 Å². The van der Waals surface area contributed by atoms with E-state index in [2.05, 4.69) is 29.4 Å². The lowest BCUT2D eigenvalue weighted by Gasteiger charge is -2.21. The van der Waals surface area contributed by atoms with E-state index in [1.807, 2.05) is 55.5 Å². The molecule has 27 heavy (non-hydrogen) atoms. The highest BCUT2D eigenvalue weighted by Gasteiger charge is 2.12. The highest BCUT2D eigenvalue weighted by molar-refractivity contribution is 6.08. The molecule has 0 aliphatic carbocycles. The SMILES string of the molecule is CCN(CC)c1ccc(NC(=O)/C(=C/c2ccccc2C)NC(C)=O)cc1. The van der Waals surface area contributed by atoms with Crippen molar-refractivity contribution < 1.29 is 9.59 Å². The summed E-state index contributed by atoms with van der Waals surface area (Å²) in [6, 6.07) is 15.4. The van der Waals surface area contributed by atoms with Gasteiger partial charge in [-0.2, -0.15) is 0 Å². The van der Waals surface area contributed by atoms with Crippen LogP contribution in [0.1, 0.15) is 31.9 Å². The van der Waals surface area contributed by atoms with Crippen molar-refractivity contribution in [1.29, 1.82) is 0 Å². The van der Waals surface area contributed by atoms with Gasteiger partial charge in [0.05, 0.1) is 0 Å². The van der Waals surface area contributed by atoms with Crippen LogP contribution < -0.4 is 15.5 Å². The van der Waals surface area contributed by atoms with E-state index in [0.29, 0.717) is 5.69 Å². The van der Waals surface area contributed by atoms with E-state index in [4.69, 9.17) is 0 Å². The van der Waals surface area contributed by atoms with Crippen molar-refractivity contribution in [3.8, 4) is 0 Å². The smallest absolute Gasteiger partial charge is 0.272 e. The summed E-state index contributed by atoms with van der Waals surface area (Å²) in [6.45, 7) is 9.41. The fourth-order valence-electron chi connectivity index (χ4n) is 2.80. The Hall–Kier alpha value is -3.08. The molecule has 2 rings (SSSR count). The summed E-state index contributed by atoms with van der Waals surface area (Å²) in [5, 5.41) is 5.47. The standard InChI is InChI=1S/C22H27N3O2/c1-5-25(6-2)20-13-11-19(12-14-20)24-22(27)21(23-17(4)26)15-18-10-8-7-9-16(18)3/h7-15H,5-6H2,1-4H3,(H,23,26)(H,24,27)/b21-15-. The predicted molar refractivity (Wildman–Crippen MR) is 112 cm³/mol. The van der Waals surface area contributed by atoms with Gasteiger partial charge in [0, 0.05) is 31.4 Å². The van der Waals surface area contributed by atoms with Crippen molar-refractivity contribution in [1.82, 2.24) is 5.32 Å². The molecule has 0 heterocycles. The Balaban J connectivity index is 2.21. The van der Waals surface area contributed by atoms with Gasteiger partial charge in [-0.15, -0.1) is 0 Å². The molecule has 0 fully saturated rings. The molecule has 2 N–H and O–H groups in total. The lowest BCUT2D eigenvalue weighted by molar-refractivity contribution is -0.120. The largest absolute Gasteiger partial charge is 0.372 e.